The molecule has 1 fully saturated rings. The summed E-state index contributed by atoms with van der Waals surface area (Å²) in [5.74, 6) is 0.834. The number of pyridine rings is 1. The van der Waals surface area contributed by atoms with Crippen molar-refractivity contribution in [3.8, 4) is 16.9 Å². The number of hydrogen-bond acceptors (Lipinski definition) is 4. The maximum Gasteiger partial charge on any atom is 0.138 e. The molecule has 3 heterocycles. The minimum atomic E-state index is -0.291. The predicted octanol–water partition coefficient (Wildman–Crippen LogP) is 4.24. The second-order valence-electron chi connectivity index (χ2n) is 8.30. The first kappa shape index (κ1) is 19.3. The van der Waals surface area contributed by atoms with Crippen LogP contribution in [0, 0.1) is 11.7 Å². The van der Waals surface area contributed by atoms with Gasteiger partial charge in [-0.3, -0.25) is 4.90 Å². The highest BCUT2D eigenvalue weighted by Gasteiger charge is 2.33. The van der Waals surface area contributed by atoms with Crippen LogP contribution in [0.4, 0.5) is 4.39 Å². The summed E-state index contributed by atoms with van der Waals surface area (Å²) in [6.45, 7) is 2.28. The monoisotopic (exact) mass is 407 g/mol. The van der Waals surface area contributed by atoms with E-state index in [1.807, 2.05) is 6.07 Å². The van der Waals surface area contributed by atoms with Crippen LogP contribution in [-0.2, 0) is 0 Å². The lowest BCUT2D eigenvalue weighted by atomic mass is 9.79. The van der Waals surface area contributed by atoms with Gasteiger partial charge in [-0.2, -0.15) is 0 Å². The van der Waals surface area contributed by atoms with E-state index in [0.717, 1.165) is 60.2 Å². The second kappa shape index (κ2) is 7.85. The highest BCUT2D eigenvalue weighted by Crippen LogP contribution is 2.37. The third kappa shape index (κ3) is 3.40. The zero-order valence-electron chi connectivity index (χ0n) is 17.1. The van der Waals surface area contributed by atoms with Crippen LogP contribution in [0.15, 0.2) is 42.6 Å². The lowest BCUT2D eigenvalue weighted by Gasteiger charge is -2.43. The molecule has 3 aromatic rings. The molecule has 1 aliphatic carbocycles. The Morgan fingerprint density at radius 1 is 1.23 bits per heavy atom. The van der Waals surface area contributed by atoms with Crippen molar-refractivity contribution < 1.29 is 14.2 Å². The summed E-state index contributed by atoms with van der Waals surface area (Å²) in [7, 11) is 1.60. The molecule has 0 unspecified atom stereocenters. The average Bonchev–Trinajstić information content (AvgIpc) is 3.18. The SMILES string of the molecule is COc1ccc(F)cc1-c1ccnc2[nH]c(C3=CCN(C4CC(CO)C4)CC3)cc12. The number of benzene rings is 1. The van der Waals surface area contributed by atoms with E-state index in [1.54, 1.807) is 19.4 Å². The summed E-state index contributed by atoms with van der Waals surface area (Å²) in [6.07, 6.45) is 7.23. The Labute approximate surface area is 175 Å². The topological polar surface area (TPSA) is 61.4 Å². The van der Waals surface area contributed by atoms with Gasteiger partial charge >= 0.3 is 0 Å². The Morgan fingerprint density at radius 2 is 2.10 bits per heavy atom. The second-order valence-corrected chi connectivity index (χ2v) is 8.30. The molecule has 156 valence electrons. The molecule has 6 heteroatoms. The summed E-state index contributed by atoms with van der Waals surface area (Å²) in [5, 5.41) is 10.2. The smallest absolute Gasteiger partial charge is 0.138 e. The van der Waals surface area contributed by atoms with Gasteiger partial charge < -0.3 is 14.8 Å². The normalized spacial score (nSPS) is 22.0. The van der Waals surface area contributed by atoms with Gasteiger partial charge in [-0.05, 0) is 66.6 Å². The van der Waals surface area contributed by atoms with Crippen molar-refractivity contribution in [2.75, 3.05) is 26.8 Å². The number of nitrogens with one attached hydrogen (secondary N) is 1. The number of methoxy groups -OCH3 is 1. The molecule has 2 aromatic heterocycles. The van der Waals surface area contributed by atoms with Gasteiger partial charge in [0.05, 0.1) is 7.11 Å². The van der Waals surface area contributed by atoms with Crippen molar-refractivity contribution in [3.63, 3.8) is 0 Å². The zero-order valence-corrected chi connectivity index (χ0v) is 17.1. The number of halogens is 1. The molecule has 2 N–H and O–H groups in total. The van der Waals surface area contributed by atoms with Crippen molar-refractivity contribution in [3.05, 3.63) is 54.1 Å². The zero-order chi connectivity index (χ0) is 20.7. The predicted molar refractivity (Wildman–Crippen MR) is 116 cm³/mol. The van der Waals surface area contributed by atoms with Crippen LogP contribution in [0.1, 0.15) is 25.0 Å². The van der Waals surface area contributed by atoms with Gasteiger partial charge in [0.1, 0.15) is 17.2 Å². The van der Waals surface area contributed by atoms with E-state index >= 15 is 0 Å². The van der Waals surface area contributed by atoms with Gasteiger partial charge in [-0.15, -0.1) is 0 Å². The number of aliphatic hydroxyl groups is 1. The van der Waals surface area contributed by atoms with Crippen molar-refractivity contribution in [2.24, 2.45) is 5.92 Å². The fourth-order valence-corrected chi connectivity index (χ4v) is 4.73. The van der Waals surface area contributed by atoms with Crippen LogP contribution >= 0.6 is 0 Å². The first-order valence-electron chi connectivity index (χ1n) is 10.5. The fraction of sp³-hybridized carbons (Fsp3) is 0.375. The van der Waals surface area contributed by atoms with Gasteiger partial charge in [0.15, 0.2) is 0 Å². The maximum atomic E-state index is 13.9. The Morgan fingerprint density at radius 3 is 2.83 bits per heavy atom. The number of aromatic nitrogens is 2. The number of H-pyrrole nitrogens is 1. The standard InChI is InChI=1S/C24H26FN3O2/c1-30-23-3-2-17(25)12-20(23)19-4-7-26-24-21(19)13-22(27-24)16-5-8-28(9-6-16)18-10-15(11-18)14-29/h2-5,7,12-13,15,18,29H,6,8-11,14H2,1H3,(H,26,27). The molecule has 1 aliphatic heterocycles. The lowest BCUT2D eigenvalue weighted by molar-refractivity contribution is 0.0516. The highest BCUT2D eigenvalue weighted by atomic mass is 19.1. The molecule has 0 amide bonds. The van der Waals surface area contributed by atoms with E-state index in [9.17, 15) is 9.50 Å². The Kier molecular flexibility index (Phi) is 5.05. The molecular formula is C24H26FN3O2. The van der Waals surface area contributed by atoms with E-state index in [1.165, 1.54) is 17.7 Å². The Hall–Kier alpha value is -2.70. The first-order valence-corrected chi connectivity index (χ1v) is 10.5. The Bertz CT molecular complexity index is 1100. The Balaban J connectivity index is 1.44. The highest BCUT2D eigenvalue weighted by molar-refractivity contribution is 5.96. The number of rotatable bonds is 5. The fourth-order valence-electron chi connectivity index (χ4n) is 4.73. The third-order valence-corrected chi connectivity index (χ3v) is 6.56. The number of aliphatic hydroxyl groups excluding tert-OH is 1. The van der Waals surface area contributed by atoms with Crippen molar-refractivity contribution >= 4 is 16.6 Å². The number of aromatic amines is 1. The van der Waals surface area contributed by atoms with Crippen LogP contribution in [-0.4, -0.2) is 52.8 Å². The first-order chi connectivity index (χ1) is 14.7. The molecule has 2 aliphatic rings. The van der Waals surface area contributed by atoms with E-state index in [-0.39, 0.29) is 5.82 Å². The summed E-state index contributed by atoms with van der Waals surface area (Å²) < 4.78 is 19.4. The van der Waals surface area contributed by atoms with E-state index in [4.69, 9.17) is 4.74 Å². The molecule has 0 atom stereocenters. The number of nitrogens with zero attached hydrogens (tertiary/aromatic N) is 2. The van der Waals surface area contributed by atoms with Gasteiger partial charge in [0.25, 0.3) is 0 Å². The molecule has 0 radical (unpaired) electrons. The minimum absolute atomic E-state index is 0.291. The van der Waals surface area contributed by atoms with Crippen LogP contribution < -0.4 is 4.74 Å². The number of ether oxygens (including phenoxy) is 1. The van der Waals surface area contributed by atoms with E-state index < -0.39 is 0 Å². The van der Waals surface area contributed by atoms with E-state index in [0.29, 0.717) is 24.3 Å². The van der Waals surface area contributed by atoms with Crippen molar-refractivity contribution in [1.82, 2.24) is 14.9 Å². The molecule has 0 saturated heterocycles. The van der Waals surface area contributed by atoms with Crippen molar-refractivity contribution in [2.45, 2.75) is 25.3 Å². The lowest BCUT2D eigenvalue weighted by Crippen LogP contribution is -2.47. The number of fused-ring (bicyclic) bond motifs is 1. The van der Waals surface area contributed by atoms with Gasteiger partial charge in [0, 0.05) is 48.6 Å². The minimum Gasteiger partial charge on any atom is -0.496 e. The van der Waals surface area contributed by atoms with E-state index in [2.05, 4.69) is 27.0 Å². The molecule has 0 spiro atoms. The molecule has 5 nitrogen and oxygen atoms in total. The van der Waals surface area contributed by atoms with Crippen LogP contribution in [0.3, 0.4) is 0 Å². The summed E-state index contributed by atoms with van der Waals surface area (Å²) in [6, 6.07) is 9.21. The molecular weight excluding hydrogens is 381 g/mol. The third-order valence-electron chi connectivity index (χ3n) is 6.56. The van der Waals surface area contributed by atoms with Crippen LogP contribution in [0.5, 0.6) is 5.75 Å². The molecule has 0 bridgehead atoms. The van der Waals surface area contributed by atoms with Gasteiger partial charge in [0.2, 0.25) is 0 Å². The largest absolute Gasteiger partial charge is 0.496 e. The van der Waals surface area contributed by atoms with Crippen LogP contribution in [0.2, 0.25) is 0 Å². The number of hydrogen-bond donors (Lipinski definition) is 2. The van der Waals surface area contributed by atoms with Crippen LogP contribution in [0.25, 0.3) is 27.7 Å². The van der Waals surface area contributed by atoms with Gasteiger partial charge in [-0.25, -0.2) is 9.37 Å². The maximum absolute atomic E-state index is 13.9. The summed E-state index contributed by atoms with van der Waals surface area (Å²) >= 11 is 0. The summed E-state index contributed by atoms with van der Waals surface area (Å²) in [4.78, 5) is 10.5. The molecule has 1 aromatic carbocycles. The summed E-state index contributed by atoms with van der Waals surface area (Å²) in [5.41, 5.74) is 4.78. The molecule has 5 rings (SSSR count). The molecule has 30 heavy (non-hydrogen) atoms. The molecule has 1 saturated carbocycles. The quantitative estimate of drug-likeness (QED) is 0.664. The average molecular weight is 407 g/mol. The van der Waals surface area contributed by atoms with Crippen molar-refractivity contribution in [1.29, 1.82) is 0 Å². The van der Waals surface area contributed by atoms with Gasteiger partial charge in [-0.1, -0.05) is 6.08 Å².